The molecule has 2 N–H and O–H groups in total. The zero-order valence-electron chi connectivity index (χ0n) is 11.1. The molecule has 1 aromatic carbocycles. The second-order valence-electron chi connectivity index (χ2n) is 4.39. The summed E-state index contributed by atoms with van der Waals surface area (Å²) >= 11 is 5.82. The van der Waals surface area contributed by atoms with Gasteiger partial charge in [-0.3, -0.25) is 4.79 Å². The molecule has 106 valence electrons. The largest absolute Gasteiger partial charge is 0.493 e. The molecule has 0 aliphatic carbocycles. The standard InChI is InChI=1S/C14H20ClNO3/c1-11(4-3-8-17)16-14(18)7-9-19-13-6-2-5-12(15)10-13/h2,5-6,10-11,17H,3-4,7-9H2,1H3,(H,16,18). The predicted molar refractivity (Wildman–Crippen MR) is 75.5 cm³/mol. The lowest BCUT2D eigenvalue weighted by Gasteiger charge is -2.13. The monoisotopic (exact) mass is 285 g/mol. The summed E-state index contributed by atoms with van der Waals surface area (Å²) in [6.07, 6.45) is 1.77. The number of halogens is 1. The van der Waals surface area contributed by atoms with Crippen molar-refractivity contribution < 1.29 is 14.6 Å². The maximum Gasteiger partial charge on any atom is 0.223 e. The van der Waals surface area contributed by atoms with Crippen LogP contribution in [0.15, 0.2) is 24.3 Å². The highest BCUT2D eigenvalue weighted by atomic mass is 35.5. The first-order chi connectivity index (χ1) is 9.11. The minimum atomic E-state index is -0.0486. The summed E-state index contributed by atoms with van der Waals surface area (Å²) in [6, 6.07) is 7.15. The van der Waals surface area contributed by atoms with E-state index in [1.165, 1.54) is 0 Å². The highest BCUT2D eigenvalue weighted by molar-refractivity contribution is 6.30. The Hall–Kier alpha value is -1.26. The van der Waals surface area contributed by atoms with E-state index in [0.717, 1.165) is 6.42 Å². The van der Waals surface area contributed by atoms with Gasteiger partial charge < -0.3 is 15.2 Å². The lowest BCUT2D eigenvalue weighted by atomic mass is 10.2. The number of benzene rings is 1. The number of aliphatic hydroxyl groups is 1. The molecule has 1 atom stereocenters. The predicted octanol–water partition coefficient (Wildman–Crippen LogP) is 2.39. The van der Waals surface area contributed by atoms with E-state index in [0.29, 0.717) is 30.2 Å². The number of carbonyl (C=O) groups excluding carboxylic acids is 1. The Morgan fingerprint density at radius 3 is 3.00 bits per heavy atom. The number of hydrogen-bond acceptors (Lipinski definition) is 3. The highest BCUT2D eigenvalue weighted by Gasteiger charge is 2.07. The number of amides is 1. The molecule has 0 aromatic heterocycles. The Balaban J connectivity index is 2.20. The maximum absolute atomic E-state index is 11.6. The number of carbonyl (C=O) groups is 1. The van der Waals surface area contributed by atoms with E-state index in [1.807, 2.05) is 6.92 Å². The number of rotatable bonds is 8. The molecule has 0 fully saturated rings. The molecule has 0 spiro atoms. The van der Waals surface area contributed by atoms with Crippen LogP contribution in [0.5, 0.6) is 5.75 Å². The molecule has 0 saturated carbocycles. The molecule has 0 aliphatic rings. The molecule has 0 heterocycles. The van der Waals surface area contributed by atoms with Crippen LogP contribution in [0.25, 0.3) is 0 Å². The third kappa shape index (κ3) is 7.03. The summed E-state index contributed by atoms with van der Waals surface area (Å²) in [5.41, 5.74) is 0. The molecular formula is C14H20ClNO3. The van der Waals surface area contributed by atoms with Crippen LogP contribution >= 0.6 is 11.6 Å². The summed E-state index contributed by atoms with van der Waals surface area (Å²) < 4.78 is 5.43. The van der Waals surface area contributed by atoms with E-state index in [9.17, 15) is 4.79 Å². The van der Waals surface area contributed by atoms with Gasteiger partial charge in [-0.15, -0.1) is 0 Å². The summed E-state index contributed by atoms with van der Waals surface area (Å²) in [7, 11) is 0. The summed E-state index contributed by atoms with van der Waals surface area (Å²) in [4.78, 5) is 11.6. The molecule has 1 rings (SSSR count). The normalized spacial score (nSPS) is 11.9. The van der Waals surface area contributed by atoms with Crippen molar-refractivity contribution in [2.24, 2.45) is 0 Å². The van der Waals surface area contributed by atoms with Gasteiger partial charge in [-0.2, -0.15) is 0 Å². The Labute approximate surface area is 118 Å². The Morgan fingerprint density at radius 1 is 1.53 bits per heavy atom. The molecular weight excluding hydrogens is 266 g/mol. The second-order valence-corrected chi connectivity index (χ2v) is 4.83. The molecule has 1 unspecified atom stereocenters. The van der Waals surface area contributed by atoms with E-state index in [4.69, 9.17) is 21.4 Å². The molecule has 1 amide bonds. The smallest absolute Gasteiger partial charge is 0.223 e. The molecule has 19 heavy (non-hydrogen) atoms. The van der Waals surface area contributed by atoms with Crippen molar-refractivity contribution in [2.75, 3.05) is 13.2 Å². The number of nitrogens with one attached hydrogen (secondary N) is 1. The van der Waals surface area contributed by atoms with Crippen molar-refractivity contribution in [2.45, 2.75) is 32.2 Å². The van der Waals surface area contributed by atoms with Crippen LogP contribution in [0.3, 0.4) is 0 Å². The fourth-order valence-corrected chi connectivity index (χ4v) is 1.82. The van der Waals surface area contributed by atoms with Gasteiger partial charge in [0.15, 0.2) is 0 Å². The van der Waals surface area contributed by atoms with Crippen LogP contribution in [0, 0.1) is 0 Å². The first-order valence-corrected chi connectivity index (χ1v) is 6.78. The third-order valence-electron chi connectivity index (χ3n) is 2.60. The number of aliphatic hydroxyl groups excluding tert-OH is 1. The Bertz CT molecular complexity index is 398. The van der Waals surface area contributed by atoms with E-state index >= 15 is 0 Å². The second kappa shape index (κ2) is 8.77. The van der Waals surface area contributed by atoms with Gasteiger partial charge in [0.05, 0.1) is 13.0 Å². The molecule has 1 aromatic rings. The summed E-state index contributed by atoms with van der Waals surface area (Å²) in [5, 5.41) is 12.2. The van der Waals surface area contributed by atoms with Crippen LogP contribution in [-0.4, -0.2) is 30.3 Å². The molecule has 0 radical (unpaired) electrons. The Kier molecular flexibility index (Phi) is 7.30. The molecule has 0 saturated heterocycles. The number of ether oxygens (including phenoxy) is 1. The zero-order chi connectivity index (χ0) is 14.1. The molecule has 5 heteroatoms. The minimum absolute atomic E-state index is 0.0486. The van der Waals surface area contributed by atoms with Crippen molar-refractivity contribution >= 4 is 17.5 Å². The van der Waals surface area contributed by atoms with E-state index in [1.54, 1.807) is 24.3 Å². The van der Waals surface area contributed by atoms with Gasteiger partial charge in [-0.25, -0.2) is 0 Å². The van der Waals surface area contributed by atoms with Crippen molar-refractivity contribution in [1.29, 1.82) is 0 Å². The average Bonchev–Trinajstić information content (AvgIpc) is 2.36. The zero-order valence-corrected chi connectivity index (χ0v) is 11.8. The van der Waals surface area contributed by atoms with Crippen LogP contribution in [0.4, 0.5) is 0 Å². The topological polar surface area (TPSA) is 58.6 Å². The van der Waals surface area contributed by atoms with Crippen molar-refractivity contribution in [3.8, 4) is 5.75 Å². The molecule has 0 bridgehead atoms. The van der Waals surface area contributed by atoms with Crippen LogP contribution < -0.4 is 10.1 Å². The van der Waals surface area contributed by atoms with Crippen LogP contribution in [0.2, 0.25) is 5.02 Å². The third-order valence-corrected chi connectivity index (χ3v) is 2.83. The van der Waals surface area contributed by atoms with Gasteiger partial charge in [0.25, 0.3) is 0 Å². The van der Waals surface area contributed by atoms with Gasteiger partial charge in [0, 0.05) is 17.7 Å². The van der Waals surface area contributed by atoms with E-state index < -0.39 is 0 Å². The summed E-state index contributed by atoms with van der Waals surface area (Å²) in [6.45, 7) is 2.39. The van der Waals surface area contributed by atoms with Gasteiger partial charge in [0.2, 0.25) is 5.91 Å². The van der Waals surface area contributed by atoms with Gasteiger partial charge in [-0.05, 0) is 38.0 Å². The fraction of sp³-hybridized carbons (Fsp3) is 0.500. The first kappa shape index (κ1) is 15.8. The van der Waals surface area contributed by atoms with Gasteiger partial charge >= 0.3 is 0 Å². The van der Waals surface area contributed by atoms with Crippen molar-refractivity contribution in [3.63, 3.8) is 0 Å². The lowest BCUT2D eigenvalue weighted by molar-refractivity contribution is -0.122. The van der Waals surface area contributed by atoms with Gasteiger partial charge in [0.1, 0.15) is 5.75 Å². The van der Waals surface area contributed by atoms with Crippen LogP contribution in [0.1, 0.15) is 26.2 Å². The maximum atomic E-state index is 11.6. The van der Waals surface area contributed by atoms with Crippen molar-refractivity contribution in [1.82, 2.24) is 5.32 Å². The highest BCUT2D eigenvalue weighted by Crippen LogP contribution is 2.17. The Morgan fingerprint density at radius 2 is 2.32 bits per heavy atom. The first-order valence-electron chi connectivity index (χ1n) is 6.40. The van der Waals surface area contributed by atoms with Crippen LogP contribution in [-0.2, 0) is 4.79 Å². The minimum Gasteiger partial charge on any atom is -0.493 e. The quantitative estimate of drug-likeness (QED) is 0.771. The lowest BCUT2D eigenvalue weighted by Crippen LogP contribution is -2.33. The number of hydrogen-bond donors (Lipinski definition) is 2. The van der Waals surface area contributed by atoms with Gasteiger partial charge in [-0.1, -0.05) is 17.7 Å². The molecule has 4 nitrogen and oxygen atoms in total. The fourth-order valence-electron chi connectivity index (χ4n) is 1.63. The van der Waals surface area contributed by atoms with E-state index in [2.05, 4.69) is 5.32 Å². The molecule has 0 aliphatic heterocycles. The summed E-state index contributed by atoms with van der Waals surface area (Å²) in [5.74, 6) is 0.612. The average molecular weight is 286 g/mol. The van der Waals surface area contributed by atoms with Crippen molar-refractivity contribution in [3.05, 3.63) is 29.3 Å². The van der Waals surface area contributed by atoms with E-state index in [-0.39, 0.29) is 18.6 Å². The SMILES string of the molecule is CC(CCCO)NC(=O)CCOc1cccc(Cl)c1.